The highest BCUT2D eigenvalue weighted by Gasteiger charge is 2.26. The topological polar surface area (TPSA) is 70.5 Å². The van der Waals surface area contributed by atoms with Crippen molar-refractivity contribution in [1.82, 2.24) is 19.5 Å². The maximum absolute atomic E-state index is 13.1. The number of halogens is 1. The van der Waals surface area contributed by atoms with Gasteiger partial charge in [-0.3, -0.25) is 14.7 Å². The number of nitrogens with one attached hydrogen (secondary N) is 1. The Morgan fingerprint density at radius 2 is 2.11 bits per heavy atom. The molecule has 0 saturated carbocycles. The predicted octanol–water partition coefficient (Wildman–Crippen LogP) is 2.96. The largest absolute Gasteiger partial charge is 0.338 e. The molecular weight excluding hydrogens is 359 g/mol. The van der Waals surface area contributed by atoms with Gasteiger partial charge in [0.05, 0.1) is 11.3 Å². The van der Waals surface area contributed by atoms with Gasteiger partial charge < -0.3 is 4.90 Å². The van der Waals surface area contributed by atoms with Crippen molar-refractivity contribution in [2.45, 2.75) is 32.6 Å². The SMILES string of the molecule is Cc1c(C(=O)N2CCCC(CCc3ccc(F)cc3)C2)cnc2cc(=O)[nH]n12. The number of aromatic amines is 1. The molecule has 1 aromatic carbocycles. The van der Waals surface area contributed by atoms with Crippen LogP contribution < -0.4 is 5.56 Å². The second-order valence-corrected chi connectivity index (χ2v) is 7.50. The summed E-state index contributed by atoms with van der Waals surface area (Å²) in [6, 6.07) is 8.03. The van der Waals surface area contributed by atoms with Gasteiger partial charge in [0.25, 0.3) is 11.5 Å². The number of fused-ring (bicyclic) bond motifs is 1. The Hall–Kier alpha value is -2.96. The Morgan fingerprint density at radius 1 is 1.32 bits per heavy atom. The zero-order chi connectivity index (χ0) is 19.7. The van der Waals surface area contributed by atoms with Crippen molar-refractivity contribution >= 4 is 11.6 Å². The summed E-state index contributed by atoms with van der Waals surface area (Å²) in [5, 5.41) is 2.68. The second-order valence-electron chi connectivity index (χ2n) is 7.50. The molecule has 1 atom stereocenters. The highest BCUT2D eigenvalue weighted by atomic mass is 19.1. The minimum Gasteiger partial charge on any atom is -0.338 e. The third kappa shape index (κ3) is 3.69. The van der Waals surface area contributed by atoms with Gasteiger partial charge in [-0.1, -0.05) is 12.1 Å². The van der Waals surface area contributed by atoms with Crippen molar-refractivity contribution in [3.63, 3.8) is 0 Å². The van der Waals surface area contributed by atoms with E-state index in [1.807, 2.05) is 24.0 Å². The van der Waals surface area contributed by atoms with E-state index in [4.69, 9.17) is 0 Å². The molecule has 0 aliphatic carbocycles. The molecule has 1 N–H and O–H groups in total. The monoisotopic (exact) mass is 382 g/mol. The van der Waals surface area contributed by atoms with Crippen LogP contribution in [0.4, 0.5) is 4.39 Å². The van der Waals surface area contributed by atoms with Crippen LogP contribution in [-0.2, 0) is 6.42 Å². The van der Waals surface area contributed by atoms with Crippen LogP contribution in [0.5, 0.6) is 0 Å². The van der Waals surface area contributed by atoms with Gasteiger partial charge in [-0.2, -0.15) is 0 Å². The van der Waals surface area contributed by atoms with E-state index in [-0.39, 0.29) is 17.3 Å². The standard InChI is InChI=1S/C21H23FN4O2/c1-14-18(12-23-19-11-20(27)24-26(14)19)21(28)25-10-2-3-16(13-25)5-4-15-6-8-17(22)9-7-15/h6-9,11-12,16H,2-5,10,13H2,1H3,(H,24,27). The van der Waals surface area contributed by atoms with E-state index in [1.54, 1.807) is 10.7 Å². The van der Waals surface area contributed by atoms with Gasteiger partial charge in [0.1, 0.15) is 5.82 Å². The summed E-state index contributed by atoms with van der Waals surface area (Å²) in [5.41, 5.74) is 2.59. The number of amides is 1. The summed E-state index contributed by atoms with van der Waals surface area (Å²) in [6.07, 6.45) is 5.46. The predicted molar refractivity (Wildman–Crippen MR) is 104 cm³/mol. The van der Waals surface area contributed by atoms with Crippen LogP contribution in [0.2, 0.25) is 0 Å². The zero-order valence-electron chi connectivity index (χ0n) is 15.8. The molecule has 3 heterocycles. The van der Waals surface area contributed by atoms with Crippen LogP contribution in [0, 0.1) is 18.7 Å². The van der Waals surface area contributed by atoms with Gasteiger partial charge >= 0.3 is 0 Å². The van der Waals surface area contributed by atoms with Crippen LogP contribution in [0.3, 0.4) is 0 Å². The van der Waals surface area contributed by atoms with E-state index in [0.29, 0.717) is 29.4 Å². The number of nitrogens with zero attached hydrogens (tertiary/aromatic N) is 3. The van der Waals surface area contributed by atoms with E-state index < -0.39 is 0 Å². The van der Waals surface area contributed by atoms with Crippen molar-refractivity contribution in [2.75, 3.05) is 13.1 Å². The molecule has 1 unspecified atom stereocenters. The third-order valence-corrected chi connectivity index (χ3v) is 5.55. The van der Waals surface area contributed by atoms with Crippen LogP contribution >= 0.6 is 0 Å². The Labute approximate surface area is 162 Å². The average molecular weight is 382 g/mol. The second kappa shape index (κ2) is 7.58. The molecule has 28 heavy (non-hydrogen) atoms. The third-order valence-electron chi connectivity index (χ3n) is 5.55. The van der Waals surface area contributed by atoms with Gasteiger partial charge in [0.2, 0.25) is 0 Å². The fourth-order valence-corrected chi connectivity index (χ4v) is 3.96. The Bertz CT molecular complexity index is 1050. The highest BCUT2D eigenvalue weighted by molar-refractivity contribution is 5.95. The lowest BCUT2D eigenvalue weighted by molar-refractivity contribution is 0.0666. The molecule has 4 rings (SSSR count). The average Bonchev–Trinajstić information content (AvgIpc) is 3.09. The molecule has 0 spiro atoms. The number of aryl methyl sites for hydroxylation is 2. The van der Waals surface area contributed by atoms with E-state index >= 15 is 0 Å². The molecule has 0 radical (unpaired) electrons. The highest BCUT2D eigenvalue weighted by Crippen LogP contribution is 2.23. The number of aromatic nitrogens is 3. The van der Waals surface area contributed by atoms with Gasteiger partial charge in [0, 0.05) is 25.4 Å². The summed E-state index contributed by atoms with van der Waals surface area (Å²) in [5.74, 6) is 0.155. The maximum atomic E-state index is 13.1. The first kappa shape index (κ1) is 18.4. The summed E-state index contributed by atoms with van der Waals surface area (Å²) in [6.45, 7) is 3.25. The number of likely N-dealkylation sites (tertiary alicyclic amines) is 1. The van der Waals surface area contributed by atoms with E-state index in [2.05, 4.69) is 10.1 Å². The van der Waals surface area contributed by atoms with E-state index in [0.717, 1.165) is 37.8 Å². The number of piperidine rings is 1. The van der Waals surface area contributed by atoms with Crippen molar-refractivity contribution in [1.29, 1.82) is 0 Å². The summed E-state index contributed by atoms with van der Waals surface area (Å²) < 4.78 is 14.6. The number of H-pyrrole nitrogens is 1. The number of benzene rings is 1. The number of hydrogen-bond acceptors (Lipinski definition) is 3. The van der Waals surface area contributed by atoms with Gasteiger partial charge in [-0.15, -0.1) is 0 Å². The van der Waals surface area contributed by atoms with Crippen molar-refractivity contribution in [3.05, 3.63) is 69.5 Å². The molecule has 0 bridgehead atoms. The van der Waals surface area contributed by atoms with Gasteiger partial charge in [-0.25, -0.2) is 13.9 Å². The first-order valence-electron chi connectivity index (χ1n) is 9.62. The smallest absolute Gasteiger partial charge is 0.266 e. The van der Waals surface area contributed by atoms with Crippen molar-refractivity contribution in [2.24, 2.45) is 5.92 Å². The Balaban J connectivity index is 1.45. The summed E-state index contributed by atoms with van der Waals surface area (Å²) in [7, 11) is 0. The molecular formula is C21H23FN4O2. The normalized spacial score (nSPS) is 17.2. The quantitative estimate of drug-likeness (QED) is 0.754. The van der Waals surface area contributed by atoms with Gasteiger partial charge in [0.15, 0.2) is 5.65 Å². The molecule has 2 aromatic heterocycles. The molecule has 1 aliphatic heterocycles. The fourth-order valence-electron chi connectivity index (χ4n) is 3.96. The molecule has 3 aromatic rings. The fraction of sp³-hybridized carbons (Fsp3) is 0.381. The Kier molecular flexibility index (Phi) is 4.98. The lowest BCUT2D eigenvalue weighted by Crippen LogP contribution is -2.40. The molecule has 1 saturated heterocycles. The maximum Gasteiger partial charge on any atom is 0.266 e. The van der Waals surface area contributed by atoms with Crippen LogP contribution in [0.25, 0.3) is 5.65 Å². The van der Waals surface area contributed by atoms with Crippen molar-refractivity contribution in [3.8, 4) is 0 Å². The van der Waals surface area contributed by atoms with E-state index in [1.165, 1.54) is 18.2 Å². The number of carbonyl (C=O) groups excluding carboxylic acids is 1. The Morgan fingerprint density at radius 3 is 2.89 bits per heavy atom. The molecule has 1 fully saturated rings. The molecule has 146 valence electrons. The first-order valence-corrected chi connectivity index (χ1v) is 9.62. The van der Waals surface area contributed by atoms with Crippen LogP contribution in [0.15, 0.2) is 41.3 Å². The zero-order valence-corrected chi connectivity index (χ0v) is 15.8. The number of carbonyl (C=O) groups is 1. The molecule has 7 heteroatoms. The summed E-state index contributed by atoms with van der Waals surface area (Å²) in [4.78, 5) is 30.7. The van der Waals surface area contributed by atoms with Crippen molar-refractivity contribution < 1.29 is 9.18 Å². The molecule has 1 amide bonds. The molecule has 6 nitrogen and oxygen atoms in total. The summed E-state index contributed by atoms with van der Waals surface area (Å²) >= 11 is 0. The van der Waals surface area contributed by atoms with E-state index in [9.17, 15) is 14.0 Å². The first-order chi connectivity index (χ1) is 13.5. The minimum atomic E-state index is -0.237. The minimum absolute atomic E-state index is 0.0482. The van der Waals surface area contributed by atoms with Gasteiger partial charge in [-0.05, 0) is 56.2 Å². The van der Waals surface area contributed by atoms with Crippen LogP contribution in [0.1, 0.15) is 40.9 Å². The molecule has 1 aliphatic rings. The number of rotatable bonds is 4. The lowest BCUT2D eigenvalue weighted by Gasteiger charge is -2.33. The van der Waals surface area contributed by atoms with Crippen LogP contribution in [-0.4, -0.2) is 38.5 Å². The number of hydrogen-bond donors (Lipinski definition) is 1. The lowest BCUT2D eigenvalue weighted by atomic mass is 9.91.